The van der Waals surface area contributed by atoms with E-state index in [4.69, 9.17) is 9.26 Å². The second-order valence-corrected chi connectivity index (χ2v) is 6.56. The molecule has 0 saturated carbocycles. The summed E-state index contributed by atoms with van der Waals surface area (Å²) in [5.41, 5.74) is 1.62. The largest absolute Gasteiger partial charge is 0.488 e. The highest BCUT2D eigenvalue weighted by atomic mass is 16.6. The Bertz CT molecular complexity index is 1130. The minimum Gasteiger partial charge on any atom is -0.488 e. The molecule has 1 heterocycles. The van der Waals surface area contributed by atoms with Crippen LogP contribution >= 0.6 is 0 Å². The lowest BCUT2D eigenvalue weighted by Gasteiger charge is -2.12. The number of aryl methyl sites for hydroxylation is 2. The number of aromatic nitrogens is 1. The SMILES string of the molecule is COC(=O)c1cccc(NC(=O)c2cc([N+](=O)[O-])ccc2OCc2c(C)noc2C)c1. The van der Waals surface area contributed by atoms with Gasteiger partial charge in [0, 0.05) is 17.8 Å². The van der Waals surface area contributed by atoms with E-state index in [0.717, 1.165) is 11.6 Å². The second kappa shape index (κ2) is 9.08. The van der Waals surface area contributed by atoms with Crippen LogP contribution in [0.4, 0.5) is 11.4 Å². The number of amides is 1. The average molecular weight is 425 g/mol. The number of benzene rings is 2. The first-order valence-electron chi connectivity index (χ1n) is 9.13. The minimum atomic E-state index is -0.639. The van der Waals surface area contributed by atoms with E-state index < -0.39 is 16.8 Å². The Kier molecular flexibility index (Phi) is 6.29. The van der Waals surface area contributed by atoms with Crippen LogP contribution in [0.2, 0.25) is 0 Å². The molecule has 0 saturated heterocycles. The van der Waals surface area contributed by atoms with Crippen LogP contribution < -0.4 is 10.1 Å². The van der Waals surface area contributed by atoms with Gasteiger partial charge in [-0.3, -0.25) is 14.9 Å². The van der Waals surface area contributed by atoms with Gasteiger partial charge in [0.25, 0.3) is 11.6 Å². The maximum Gasteiger partial charge on any atom is 0.337 e. The van der Waals surface area contributed by atoms with Crippen molar-refractivity contribution in [3.05, 3.63) is 80.7 Å². The van der Waals surface area contributed by atoms with E-state index >= 15 is 0 Å². The molecule has 2 aromatic carbocycles. The number of carbonyl (C=O) groups excluding carboxylic acids is 2. The van der Waals surface area contributed by atoms with E-state index in [1.54, 1.807) is 26.0 Å². The molecule has 3 rings (SSSR count). The van der Waals surface area contributed by atoms with E-state index in [9.17, 15) is 19.7 Å². The van der Waals surface area contributed by atoms with E-state index in [-0.39, 0.29) is 29.2 Å². The van der Waals surface area contributed by atoms with E-state index in [2.05, 4.69) is 15.2 Å². The number of nitrogens with zero attached hydrogens (tertiary/aromatic N) is 2. The van der Waals surface area contributed by atoms with E-state index in [0.29, 0.717) is 17.1 Å². The molecule has 0 aliphatic rings. The first kappa shape index (κ1) is 21.5. The number of anilines is 1. The van der Waals surface area contributed by atoms with Gasteiger partial charge in [0.2, 0.25) is 0 Å². The van der Waals surface area contributed by atoms with Crippen molar-refractivity contribution in [3.63, 3.8) is 0 Å². The average Bonchev–Trinajstić information content (AvgIpc) is 3.08. The van der Waals surface area contributed by atoms with Gasteiger partial charge in [-0.2, -0.15) is 0 Å². The van der Waals surface area contributed by atoms with Gasteiger partial charge in [-0.05, 0) is 38.1 Å². The maximum atomic E-state index is 12.9. The van der Waals surface area contributed by atoms with Crippen molar-refractivity contribution in [3.8, 4) is 5.75 Å². The Balaban J connectivity index is 1.88. The molecular weight excluding hydrogens is 406 g/mol. The van der Waals surface area contributed by atoms with Crippen LogP contribution in [0.3, 0.4) is 0 Å². The first-order valence-corrected chi connectivity index (χ1v) is 9.13. The summed E-state index contributed by atoms with van der Waals surface area (Å²) in [7, 11) is 1.25. The summed E-state index contributed by atoms with van der Waals surface area (Å²) in [4.78, 5) is 35.2. The summed E-state index contributed by atoms with van der Waals surface area (Å²) >= 11 is 0. The molecule has 0 radical (unpaired) electrons. The third-order valence-electron chi connectivity index (χ3n) is 4.51. The number of ether oxygens (including phenoxy) is 2. The zero-order valence-corrected chi connectivity index (χ0v) is 17.0. The molecule has 0 aliphatic heterocycles. The van der Waals surface area contributed by atoms with Crippen LogP contribution in [-0.4, -0.2) is 29.1 Å². The van der Waals surface area contributed by atoms with Gasteiger partial charge in [0.15, 0.2) is 0 Å². The Labute approximate surface area is 176 Å². The van der Waals surface area contributed by atoms with Crippen LogP contribution in [0.15, 0.2) is 47.0 Å². The smallest absolute Gasteiger partial charge is 0.337 e. The molecule has 1 aromatic heterocycles. The fraction of sp³-hybridized carbons (Fsp3) is 0.190. The van der Waals surface area contributed by atoms with Crippen molar-refractivity contribution in [2.75, 3.05) is 12.4 Å². The number of nitro groups is 1. The molecule has 0 spiro atoms. The molecular formula is C21H19N3O7. The number of hydrogen-bond acceptors (Lipinski definition) is 8. The first-order chi connectivity index (χ1) is 14.8. The van der Waals surface area contributed by atoms with Crippen molar-refractivity contribution in [2.24, 2.45) is 0 Å². The highest BCUT2D eigenvalue weighted by Crippen LogP contribution is 2.27. The maximum absolute atomic E-state index is 12.9. The van der Waals surface area contributed by atoms with E-state index in [1.807, 2.05) is 0 Å². The molecule has 1 N–H and O–H groups in total. The molecule has 0 bridgehead atoms. The minimum absolute atomic E-state index is 0.0376. The predicted octanol–water partition coefficient (Wildman–Crippen LogP) is 3.82. The molecule has 0 aliphatic carbocycles. The van der Waals surface area contributed by atoms with Crippen LogP contribution in [0.25, 0.3) is 0 Å². The summed E-state index contributed by atoms with van der Waals surface area (Å²) in [6, 6.07) is 9.85. The number of nitro benzene ring substituents is 1. The topological polar surface area (TPSA) is 134 Å². The normalized spacial score (nSPS) is 10.4. The van der Waals surface area contributed by atoms with Gasteiger partial charge >= 0.3 is 5.97 Å². The van der Waals surface area contributed by atoms with Crippen molar-refractivity contribution in [1.82, 2.24) is 5.16 Å². The lowest BCUT2D eigenvalue weighted by atomic mass is 10.1. The molecule has 3 aromatic rings. The van der Waals surface area contributed by atoms with Crippen LogP contribution in [0.5, 0.6) is 5.75 Å². The third kappa shape index (κ3) is 4.86. The fourth-order valence-corrected chi connectivity index (χ4v) is 2.83. The molecule has 0 fully saturated rings. The van der Waals surface area contributed by atoms with Crippen LogP contribution in [0, 0.1) is 24.0 Å². The summed E-state index contributed by atoms with van der Waals surface area (Å²) in [5, 5.41) is 17.7. The lowest BCUT2D eigenvalue weighted by Crippen LogP contribution is -2.15. The number of non-ortho nitro benzene ring substituents is 1. The van der Waals surface area contributed by atoms with Crippen molar-refractivity contribution in [1.29, 1.82) is 0 Å². The summed E-state index contributed by atoms with van der Waals surface area (Å²) in [5.74, 6) is -0.480. The number of carbonyl (C=O) groups is 2. The van der Waals surface area contributed by atoms with Gasteiger partial charge in [-0.15, -0.1) is 0 Å². The number of hydrogen-bond donors (Lipinski definition) is 1. The highest BCUT2D eigenvalue weighted by molar-refractivity contribution is 6.07. The summed E-state index contributed by atoms with van der Waals surface area (Å²) in [6.45, 7) is 3.56. The van der Waals surface area contributed by atoms with Crippen molar-refractivity contribution in [2.45, 2.75) is 20.5 Å². The van der Waals surface area contributed by atoms with Gasteiger partial charge in [-0.25, -0.2) is 4.79 Å². The number of methoxy groups -OCH3 is 1. The molecule has 10 heteroatoms. The monoisotopic (exact) mass is 425 g/mol. The van der Waals surface area contributed by atoms with Gasteiger partial charge < -0.3 is 19.3 Å². The Hall–Kier alpha value is -4.21. The second-order valence-electron chi connectivity index (χ2n) is 6.56. The van der Waals surface area contributed by atoms with Gasteiger partial charge in [0.1, 0.15) is 18.1 Å². The lowest BCUT2D eigenvalue weighted by molar-refractivity contribution is -0.384. The molecule has 31 heavy (non-hydrogen) atoms. The zero-order chi connectivity index (χ0) is 22.5. The van der Waals surface area contributed by atoms with Crippen LogP contribution in [-0.2, 0) is 11.3 Å². The van der Waals surface area contributed by atoms with Gasteiger partial charge in [0.05, 0.1) is 34.4 Å². The fourth-order valence-electron chi connectivity index (χ4n) is 2.83. The summed E-state index contributed by atoms with van der Waals surface area (Å²) < 4.78 is 15.5. The quantitative estimate of drug-likeness (QED) is 0.343. The van der Waals surface area contributed by atoms with E-state index in [1.165, 1.54) is 31.4 Å². The van der Waals surface area contributed by atoms with Crippen molar-refractivity contribution >= 4 is 23.3 Å². The standard InChI is InChI=1S/C21H19N3O7/c1-12-18(13(2)31-23-12)11-30-19-8-7-16(24(27)28)10-17(19)20(25)22-15-6-4-5-14(9-15)21(26)29-3/h4-10H,11H2,1-3H3,(H,22,25). The number of nitrogens with one attached hydrogen (secondary N) is 1. The van der Waals surface area contributed by atoms with Crippen molar-refractivity contribution < 1.29 is 28.5 Å². The highest BCUT2D eigenvalue weighted by Gasteiger charge is 2.20. The molecule has 160 valence electrons. The summed E-state index contributed by atoms with van der Waals surface area (Å²) in [6.07, 6.45) is 0. The number of esters is 1. The molecule has 1 amide bonds. The van der Waals surface area contributed by atoms with Gasteiger partial charge in [-0.1, -0.05) is 11.2 Å². The predicted molar refractivity (Wildman–Crippen MR) is 109 cm³/mol. The third-order valence-corrected chi connectivity index (χ3v) is 4.51. The zero-order valence-electron chi connectivity index (χ0n) is 17.0. The molecule has 10 nitrogen and oxygen atoms in total. The molecule has 0 atom stereocenters. The number of rotatable bonds is 7. The Morgan fingerprint density at radius 1 is 1.19 bits per heavy atom. The Morgan fingerprint density at radius 3 is 2.61 bits per heavy atom. The molecule has 0 unspecified atom stereocenters. The Morgan fingerprint density at radius 2 is 1.97 bits per heavy atom. The van der Waals surface area contributed by atoms with Crippen LogP contribution in [0.1, 0.15) is 37.7 Å².